The Hall–Kier alpha value is -1.33. The molecule has 1 aromatic rings. The number of ketones is 1. The van der Waals surface area contributed by atoms with Crippen molar-refractivity contribution in [3.05, 3.63) is 35.4 Å². The molecule has 1 rings (SSSR count). The van der Waals surface area contributed by atoms with Crippen LogP contribution in [0.3, 0.4) is 0 Å². The van der Waals surface area contributed by atoms with Gasteiger partial charge in [-0.15, -0.1) is 0 Å². The van der Waals surface area contributed by atoms with Crippen molar-refractivity contribution < 1.29 is 23.0 Å². The van der Waals surface area contributed by atoms with Crippen LogP contribution in [0, 0.1) is 11.6 Å². The normalized spacial score (nSPS) is 10.9. The third kappa shape index (κ3) is 4.89. The number of carbonyl (C=O) groups excluding carboxylic acids is 1. The van der Waals surface area contributed by atoms with Crippen molar-refractivity contribution in [1.29, 1.82) is 0 Å². The summed E-state index contributed by atoms with van der Waals surface area (Å²) in [6.07, 6.45) is 0.0962. The van der Waals surface area contributed by atoms with E-state index in [4.69, 9.17) is 9.47 Å². The van der Waals surface area contributed by atoms with Crippen molar-refractivity contribution in [3.8, 4) is 0 Å². The van der Waals surface area contributed by atoms with Crippen molar-refractivity contribution in [2.24, 2.45) is 0 Å². The second-order valence-electron chi connectivity index (χ2n) is 4.02. The Morgan fingerprint density at radius 1 is 1.28 bits per heavy atom. The Balaban J connectivity index is 2.36. The smallest absolute Gasteiger partial charge is 0.191 e. The minimum absolute atomic E-state index is 0.0962. The number of halogens is 2. The topological polar surface area (TPSA) is 35.5 Å². The molecule has 0 unspecified atom stereocenters. The lowest BCUT2D eigenvalue weighted by atomic mass is 10.1. The summed E-state index contributed by atoms with van der Waals surface area (Å²) in [6.45, 7) is 4.16. The van der Waals surface area contributed by atoms with Gasteiger partial charge in [-0.05, 0) is 26.0 Å². The largest absolute Gasteiger partial charge is 0.376 e. The number of Topliss-reactive ketones (excluding diaryl/α,β-unsaturated/α-hetero) is 1. The van der Waals surface area contributed by atoms with Gasteiger partial charge < -0.3 is 9.47 Å². The predicted molar refractivity (Wildman–Crippen MR) is 62.6 cm³/mol. The van der Waals surface area contributed by atoms with E-state index < -0.39 is 17.4 Å². The molecule has 0 radical (unpaired) electrons. The van der Waals surface area contributed by atoms with Crippen LogP contribution in [0.15, 0.2) is 18.2 Å². The molecule has 0 spiro atoms. The highest BCUT2D eigenvalue weighted by Gasteiger charge is 2.12. The molecule has 5 heteroatoms. The van der Waals surface area contributed by atoms with E-state index >= 15 is 0 Å². The maximum absolute atomic E-state index is 13.2. The third-order valence-corrected chi connectivity index (χ3v) is 2.14. The van der Waals surface area contributed by atoms with Gasteiger partial charge in [0.1, 0.15) is 18.2 Å². The molecule has 0 aliphatic rings. The van der Waals surface area contributed by atoms with Gasteiger partial charge in [-0.1, -0.05) is 0 Å². The number of hydrogen-bond donors (Lipinski definition) is 0. The van der Waals surface area contributed by atoms with Gasteiger partial charge in [0, 0.05) is 6.07 Å². The summed E-state index contributed by atoms with van der Waals surface area (Å²) in [5.74, 6) is -2.10. The molecule has 0 N–H and O–H groups in total. The van der Waals surface area contributed by atoms with Gasteiger partial charge in [0.25, 0.3) is 0 Å². The van der Waals surface area contributed by atoms with Crippen LogP contribution >= 0.6 is 0 Å². The summed E-state index contributed by atoms with van der Waals surface area (Å²) < 4.78 is 36.1. The van der Waals surface area contributed by atoms with Crippen LogP contribution in [-0.2, 0) is 9.47 Å². The van der Waals surface area contributed by atoms with Crippen LogP contribution in [-0.4, -0.2) is 31.7 Å². The Kier molecular flexibility index (Phi) is 5.88. The highest BCUT2D eigenvalue weighted by Crippen LogP contribution is 2.10. The van der Waals surface area contributed by atoms with Gasteiger partial charge in [0.2, 0.25) is 0 Å². The molecule has 0 amide bonds. The molecule has 1 aromatic carbocycles. The Labute approximate surface area is 105 Å². The summed E-state index contributed by atoms with van der Waals surface area (Å²) in [5.41, 5.74) is -0.166. The van der Waals surface area contributed by atoms with Gasteiger partial charge >= 0.3 is 0 Å². The first-order valence-corrected chi connectivity index (χ1v) is 5.68. The van der Waals surface area contributed by atoms with Gasteiger partial charge in [0.15, 0.2) is 5.78 Å². The lowest BCUT2D eigenvalue weighted by Gasteiger charge is -2.08. The second-order valence-corrected chi connectivity index (χ2v) is 4.02. The summed E-state index contributed by atoms with van der Waals surface area (Å²) in [5, 5.41) is 0. The third-order valence-electron chi connectivity index (χ3n) is 2.14. The first-order chi connectivity index (χ1) is 8.50. The molecular formula is C13H16F2O3. The van der Waals surface area contributed by atoms with E-state index in [0.29, 0.717) is 12.7 Å². The molecule has 3 nitrogen and oxygen atoms in total. The van der Waals surface area contributed by atoms with E-state index in [9.17, 15) is 13.6 Å². The first-order valence-electron chi connectivity index (χ1n) is 5.68. The Morgan fingerprint density at radius 2 is 2.00 bits per heavy atom. The molecular weight excluding hydrogens is 242 g/mol. The van der Waals surface area contributed by atoms with Crippen LogP contribution in [0.5, 0.6) is 0 Å². The van der Waals surface area contributed by atoms with E-state index in [2.05, 4.69) is 0 Å². The highest BCUT2D eigenvalue weighted by atomic mass is 19.1. The van der Waals surface area contributed by atoms with Crippen molar-refractivity contribution in [3.63, 3.8) is 0 Å². The zero-order valence-corrected chi connectivity index (χ0v) is 10.4. The number of carbonyl (C=O) groups is 1. The number of benzene rings is 1. The number of ether oxygens (including phenoxy) is 2. The SMILES string of the molecule is CC(C)OCCOCC(=O)c1ccc(F)cc1F. The molecule has 0 saturated heterocycles. The van der Waals surface area contributed by atoms with E-state index in [0.717, 1.165) is 12.1 Å². The first kappa shape index (κ1) is 14.7. The van der Waals surface area contributed by atoms with Crippen LogP contribution < -0.4 is 0 Å². The van der Waals surface area contributed by atoms with Crippen molar-refractivity contribution in [2.75, 3.05) is 19.8 Å². The van der Waals surface area contributed by atoms with Crippen molar-refractivity contribution in [1.82, 2.24) is 0 Å². The minimum Gasteiger partial charge on any atom is -0.376 e. The van der Waals surface area contributed by atoms with Crippen molar-refractivity contribution >= 4 is 5.78 Å². The molecule has 0 saturated carbocycles. The fraction of sp³-hybridized carbons (Fsp3) is 0.462. The maximum atomic E-state index is 13.2. The molecule has 0 aliphatic carbocycles. The van der Waals surface area contributed by atoms with E-state index in [1.807, 2.05) is 13.8 Å². The summed E-state index contributed by atoms with van der Waals surface area (Å²) in [7, 11) is 0. The second kappa shape index (κ2) is 7.18. The van der Waals surface area contributed by atoms with Crippen LogP contribution in [0.2, 0.25) is 0 Å². The van der Waals surface area contributed by atoms with E-state index in [-0.39, 0.29) is 24.9 Å². The van der Waals surface area contributed by atoms with Gasteiger partial charge in [-0.2, -0.15) is 0 Å². The standard InChI is InChI=1S/C13H16F2O3/c1-9(2)18-6-5-17-8-13(16)11-4-3-10(14)7-12(11)15/h3-4,7,9H,5-6,8H2,1-2H3. The lowest BCUT2D eigenvalue weighted by Crippen LogP contribution is -2.15. The molecule has 0 bridgehead atoms. The monoisotopic (exact) mass is 258 g/mol. The van der Waals surface area contributed by atoms with Crippen LogP contribution in [0.1, 0.15) is 24.2 Å². The Morgan fingerprint density at radius 3 is 2.61 bits per heavy atom. The molecule has 18 heavy (non-hydrogen) atoms. The predicted octanol–water partition coefficient (Wildman–Crippen LogP) is 2.59. The van der Waals surface area contributed by atoms with E-state index in [1.54, 1.807) is 0 Å². The van der Waals surface area contributed by atoms with Crippen LogP contribution in [0.4, 0.5) is 8.78 Å². The summed E-state index contributed by atoms with van der Waals surface area (Å²) in [4.78, 5) is 11.5. The zero-order valence-electron chi connectivity index (χ0n) is 10.4. The van der Waals surface area contributed by atoms with Crippen LogP contribution in [0.25, 0.3) is 0 Å². The minimum atomic E-state index is -0.873. The quantitative estimate of drug-likeness (QED) is 0.557. The number of hydrogen-bond acceptors (Lipinski definition) is 3. The maximum Gasteiger partial charge on any atom is 0.191 e. The molecule has 0 fully saturated rings. The molecule has 100 valence electrons. The van der Waals surface area contributed by atoms with Gasteiger partial charge in [-0.3, -0.25) is 4.79 Å². The number of rotatable bonds is 7. The average molecular weight is 258 g/mol. The molecule has 0 heterocycles. The highest BCUT2D eigenvalue weighted by molar-refractivity contribution is 5.97. The Bertz CT molecular complexity index is 405. The molecule has 0 aliphatic heterocycles. The molecule has 0 atom stereocenters. The fourth-order valence-electron chi connectivity index (χ4n) is 1.30. The van der Waals surface area contributed by atoms with E-state index in [1.165, 1.54) is 0 Å². The van der Waals surface area contributed by atoms with Crippen molar-refractivity contribution in [2.45, 2.75) is 20.0 Å². The fourth-order valence-corrected chi connectivity index (χ4v) is 1.30. The zero-order chi connectivity index (χ0) is 13.5. The van der Waals surface area contributed by atoms with Gasteiger partial charge in [0.05, 0.1) is 24.9 Å². The van der Waals surface area contributed by atoms with Gasteiger partial charge in [-0.25, -0.2) is 8.78 Å². The molecule has 0 aromatic heterocycles. The lowest BCUT2D eigenvalue weighted by molar-refractivity contribution is 0.0207. The average Bonchev–Trinajstić information content (AvgIpc) is 2.27. The summed E-state index contributed by atoms with van der Waals surface area (Å²) in [6, 6.07) is 2.83. The summed E-state index contributed by atoms with van der Waals surface area (Å²) >= 11 is 0.